The molecule has 3 aromatic rings. The van der Waals surface area contributed by atoms with Crippen LogP contribution in [0.2, 0.25) is 5.02 Å². The highest BCUT2D eigenvalue weighted by atomic mass is 35.5. The van der Waals surface area contributed by atoms with E-state index in [0.29, 0.717) is 18.0 Å². The molecule has 9 nitrogen and oxygen atoms in total. The maximum Gasteiger partial charge on any atom is 0.229 e. The minimum atomic E-state index is -0.596. The van der Waals surface area contributed by atoms with E-state index in [1.54, 1.807) is 24.1 Å². The molecule has 0 spiro atoms. The standard InChI is InChI=1S/C17H20ClFN8O/c1-28-6-2-5-26-10-11(8-23-26)24-17-22-9-15(20)16(25-17)27(21)12-3-4-13(18)14(19)7-12/h3-4,7-10H,2,5-6,20-21H2,1H3,(H,22,24,25). The first kappa shape index (κ1) is 19.8. The summed E-state index contributed by atoms with van der Waals surface area (Å²) in [6.45, 7) is 1.38. The number of hydrazine groups is 1. The molecule has 0 aliphatic carbocycles. The molecule has 0 radical (unpaired) electrons. The number of nitrogens with zero attached hydrogens (tertiary/aromatic N) is 5. The Morgan fingerprint density at radius 1 is 1.36 bits per heavy atom. The lowest BCUT2D eigenvalue weighted by Crippen LogP contribution is -2.27. The van der Waals surface area contributed by atoms with Gasteiger partial charge in [0, 0.05) is 32.5 Å². The van der Waals surface area contributed by atoms with Crippen LogP contribution >= 0.6 is 11.6 Å². The van der Waals surface area contributed by atoms with Crippen LogP contribution in [0.15, 0.2) is 36.8 Å². The van der Waals surface area contributed by atoms with Gasteiger partial charge in [-0.1, -0.05) is 11.6 Å². The van der Waals surface area contributed by atoms with E-state index in [9.17, 15) is 4.39 Å². The Hall–Kier alpha value is -2.95. The second-order valence-electron chi connectivity index (χ2n) is 5.90. The van der Waals surface area contributed by atoms with Crippen LogP contribution in [0.25, 0.3) is 0 Å². The smallest absolute Gasteiger partial charge is 0.229 e. The van der Waals surface area contributed by atoms with Gasteiger partial charge in [-0.05, 0) is 18.6 Å². The number of nitrogens with one attached hydrogen (secondary N) is 1. The molecule has 0 unspecified atom stereocenters. The fourth-order valence-electron chi connectivity index (χ4n) is 2.44. The summed E-state index contributed by atoms with van der Waals surface area (Å²) in [7, 11) is 1.66. The molecule has 2 aromatic heterocycles. The second-order valence-corrected chi connectivity index (χ2v) is 6.31. The molecule has 0 atom stereocenters. The van der Waals surface area contributed by atoms with Crippen molar-refractivity contribution < 1.29 is 9.13 Å². The molecule has 0 bridgehead atoms. The van der Waals surface area contributed by atoms with Gasteiger partial charge in [0.05, 0.1) is 34.5 Å². The lowest BCUT2D eigenvalue weighted by molar-refractivity contribution is 0.189. The highest BCUT2D eigenvalue weighted by Gasteiger charge is 2.14. The molecule has 0 aliphatic rings. The number of benzene rings is 1. The Balaban J connectivity index is 1.76. The molecule has 28 heavy (non-hydrogen) atoms. The molecule has 0 saturated carbocycles. The Kier molecular flexibility index (Phi) is 6.24. The molecule has 2 heterocycles. The van der Waals surface area contributed by atoms with Crippen LogP contribution < -0.4 is 21.9 Å². The van der Waals surface area contributed by atoms with Crippen molar-refractivity contribution in [2.75, 3.05) is 29.8 Å². The molecule has 5 N–H and O–H groups in total. The number of halogens is 2. The van der Waals surface area contributed by atoms with Gasteiger partial charge in [0.25, 0.3) is 0 Å². The van der Waals surface area contributed by atoms with Crippen LogP contribution in [0.3, 0.4) is 0 Å². The minimum Gasteiger partial charge on any atom is -0.394 e. The van der Waals surface area contributed by atoms with Crippen molar-refractivity contribution in [3.63, 3.8) is 0 Å². The number of nitrogens with two attached hydrogens (primary N) is 2. The van der Waals surface area contributed by atoms with Crippen molar-refractivity contribution >= 4 is 40.4 Å². The maximum absolute atomic E-state index is 13.7. The Morgan fingerprint density at radius 2 is 2.18 bits per heavy atom. The predicted octanol–water partition coefficient (Wildman–Crippen LogP) is 2.84. The Labute approximate surface area is 166 Å². The van der Waals surface area contributed by atoms with Gasteiger partial charge in [-0.2, -0.15) is 10.1 Å². The van der Waals surface area contributed by atoms with E-state index in [1.165, 1.54) is 18.3 Å². The molecule has 0 amide bonds. The van der Waals surface area contributed by atoms with E-state index in [-0.39, 0.29) is 22.5 Å². The van der Waals surface area contributed by atoms with Crippen LogP contribution in [0, 0.1) is 5.82 Å². The zero-order valence-electron chi connectivity index (χ0n) is 15.1. The topological polar surface area (TPSA) is 120 Å². The van der Waals surface area contributed by atoms with Crippen molar-refractivity contribution in [2.45, 2.75) is 13.0 Å². The first-order valence-corrected chi connectivity index (χ1v) is 8.76. The number of rotatable bonds is 8. The van der Waals surface area contributed by atoms with Gasteiger partial charge in [-0.3, -0.25) is 9.69 Å². The van der Waals surface area contributed by atoms with Crippen molar-refractivity contribution in [2.24, 2.45) is 5.84 Å². The monoisotopic (exact) mass is 406 g/mol. The van der Waals surface area contributed by atoms with E-state index in [2.05, 4.69) is 20.4 Å². The van der Waals surface area contributed by atoms with Crippen LogP contribution in [0.4, 0.5) is 33.2 Å². The number of aryl methyl sites for hydroxylation is 1. The fraction of sp³-hybridized carbons (Fsp3) is 0.235. The summed E-state index contributed by atoms with van der Waals surface area (Å²) in [6, 6.07) is 4.16. The van der Waals surface area contributed by atoms with Gasteiger partial charge >= 0.3 is 0 Å². The first-order chi connectivity index (χ1) is 13.5. The summed E-state index contributed by atoms with van der Waals surface area (Å²) in [4.78, 5) is 8.47. The Morgan fingerprint density at radius 3 is 2.93 bits per heavy atom. The molecule has 3 rings (SSSR count). The predicted molar refractivity (Wildman–Crippen MR) is 106 cm³/mol. The van der Waals surface area contributed by atoms with Gasteiger partial charge in [-0.25, -0.2) is 15.2 Å². The van der Waals surface area contributed by atoms with Gasteiger partial charge in [-0.15, -0.1) is 0 Å². The number of methoxy groups -OCH3 is 1. The average molecular weight is 407 g/mol. The van der Waals surface area contributed by atoms with Gasteiger partial charge < -0.3 is 15.8 Å². The SMILES string of the molecule is COCCCn1cc(Nc2ncc(N)c(N(N)c3ccc(Cl)c(F)c3)n2)cn1. The minimum absolute atomic E-state index is 0.00215. The zero-order chi connectivity index (χ0) is 20.1. The molecule has 1 aromatic carbocycles. The van der Waals surface area contributed by atoms with Gasteiger partial charge in [0.1, 0.15) is 5.82 Å². The molecular weight excluding hydrogens is 387 g/mol. The molecule has 0 saturated heterocycles. The maximum atomic E-state index is 13.7. The van der Waals surface area contributed by atoms with Crippen LogP contribution in [-0.4, -0.2) is 33.5 Å². The fourth-order valence-corrected chi connectivity index (χ4v) is 2.56. The summed E-state index contributed by atoms with van der Waals surface area (Å²) in [5, 5.41) is 8.45. The van der Waals surface area contributed by atoms with E-state index in [1.807, 2.05) is 6.20 Å². The number of ether oxygens (including phenoxy) is 1. The Bertz CT molecular complexity index is 951. The number of anilines is 5. The van der Waals surface area contributed by atoms with E-state index in [0.717, 1.165) is 18.0 Å². The summed E-state index contributed by atoms with van der Waals surface area (Å²) >= 11 is 5.71. The van der Waals surface area contributed by atoms with Crippen molar-refractivity contribution in [1.82, 2.24) is 19.7 Å². The second kappa shape index (κ2) is 8.83. The molecular formula is C17H20ClFN8O. The number of hydrogen-bond acceptors (Lipinski definition) is 8. The van der Waals surface area contributed by atoms with E-state index < -0.39 is 5.82 Å². The molecule has 0 aliphatic heterocycles. The normalized spacial score (nSPS) is 10.9. The van der Waals surface area contributed by atoms with Crippen LogP contribution in [-0.2, 0) is 11.3 Å². The first-order valence-electron chi connectivity index (χ1n) is 8.38. The lowest BCUT2D eigenvalue weighted by Gasteiger charge is -2.20. The highest BCUT2D eigenvalue weighted by Crippen LogP contribution is 2.28. The number of nitrogen functional groups attached to an aromatic ring is 1. The third-order valence-electron chi connectivity index (χ3n) is 3.83. The van der Waals surface area contributed by atoms with Gasteiger partial charge in [0.2, 0.25) is 5.95 Å². The third-order valence-corrected chi connectivity index (χ3v) is 4.14. The average Bonchev–Trinajstić information content (AvgIpc) is 3.12. The van der Waals surface area contributed by atoms with Gasteiger partial charge in [0.15, 0.2) is 5.82 Å². The van der Waals surface area contributed by atoms with Crippen molar-refractivity contribution in [1.29, 1.82) is 0 Å². The van der Waals surface area contributed by atoms with Crippen molar-refractivity contribution in [3.8, 4) is 0 Å². The quantitative estimate of drug-likeness (QED) is 0.296. The van der Waals surface area contributed by atoms with Crippen molar-refractivity contribution in [3.05, 3.63) is 47.6 Å². The molecule has 148 valence electrons. The van der Waals surface area contributed by atoms with E-state index in [4.69, 9.17) is 27.9 Å². The van der Waals surface area contributed by atoms with E-state index >= 15 is 0 Å². The molecule has 0 fully saturated rings. The summed E-state index contributed by atoms with van der Waals surface area (Å²) < 4.78 is 20.5. The molecule has 11 heteroatoms. The highest BCUT2D eigenvalue weighted by molar-refractivity contribution is 6.30. The number of hydrogen-bond donors (Lipinski definition) is 3. The number of aromatic nitrogens is 4. The van der Waals surface area contributed by atoms with Crippen LogP contribution in [0.5, 0.6) is 0 Å². The summed E-state index contributed by atoms with van der Waals surface area (Å²) in [5.41, 5.74) is 7.21. The third kappa shape index (κ3) is 4.66. The lowest BCUT2D eigenvalue weighted by atomic mass is 10.3. The zero-order valence-corrected chi connectivity index (χ0v) is 15.9. The largest absolute Gasteiger partial charge is 0.394 e. The summed E-state index contributed by atoms with van der Waals surface area (Å²) in [6.07, 6.45) is 5.74. The van der Waals surface area contributed by atoms with Crippen LogP contribution in [0.1, 0.15) is 6.42 Å². The summed E-state index contributed by atoms with van der Waals surface area (Å²) in [5.74, 6) is 5.96.